The first-order valence-electron chi connectivity index (χ1n) is 4.79. The van der Waals surface area contributed by atoms with Crippen LogP contribution in [0.15, 0.2) is 0 Å². The summed E-state index contributed by atoms with van der Waals surface area (Å²) in [5, 5.41) is 0. The fourth-order valence-electron chi connectivity index (χ4n) is 1.21. The van der Waals surface area contributed by atoms with Gasteiger partial charge in [0.2, 0.25) is 0 Å². The minimum atomic E-state index is -4.11. The van der Waals surface area contributed by atoms with Crippen molar-refractivity contribution in [1.29, 1.82) is 0 Å². The van der Waals surface area contributed by atoms with Crippen LogP contribution in [0, 0.1) is 0 Å². The molecule has 0 aromatic heterocycles. The third-order valence-electron chi connectivity index (χ3n) is 1.82. The van der Waals surface area contributed by atoms with E-state index >= 15 is 0 Å². The molecule has 0 rings (SSSR count). The minimum absolute atomic E-state index is 0.00424. The van der Waals surface area contributed by atoms with Crippen LogP contribution in [0.4, 0.5) is 13.2 Å². The predicted molar refractivity (Wildman–Crippen MR) is 62.6 cm³/mol. The SMILES string of the molecule is C[Si](C)(C)O[Si](C)(CCC(F)(F)F)O[SiH3]. The average molecular weight is 276 g/mol. The van der Waals surface area contributed by atoms with Gasteiger partial charge in [0.15, 0.2) is 8.32 Å². The summed E-state index contributed by atoms with van der Waals surface area (Å²) in [7, 11) is -3.95. The number of hydrogen-bond acceptors (Lipinski definition) is 2. The standard InChI is InChI=1S/C7H19F3O2Si3/c1-14(2,3)12-15(4,11-13)6-5-7(8,9)10/h5-6H2,1-4,13H3. The highest BCUT2D eigenvalue weighted by Crippen LogP contribution is 2.28. The molecule has 8 heteroatoms. The summed E-state index contributed by atoms with van der Waals surface area (Å²) >= 11 is 0. The van der Waals surface area contributed by atoms with Gasteiger partial charge in [-0.25, -0.2) is 0 Å². The molecule has 0 fully saturated rings. The quantitative estimate of drug-likeness (QED) is 0.717. The Balaban J connectivity index is 4.32. The lowest BCUT2D eigenvalue weighted by Gasteiger charge is -2.33. The van der Waals surface area contributed by atoms with Gasteiger partial charge < -0.3 is 8.23 Å². The van der Waals surface area contributed by atoms with Crippen molar-refractivity contribution in [2.75, 3.05) is 0 Å². The van der Waals surface area contributed by atoms with Crippen LogP contribution in [0.1, 0.15) is 6.42 Å². The number of halogens is 3. The summed E-state index contributed by atoms with van der Waals surface area (Å²) in [4.78, 5) is 0. The molecule has 0 aliphatic carbocycles. The van der Waals surface area contributed by atoms with Gasteiger partial charge in [0.1, 0.15) is 10.5 Å². The van der Waals surface area contributed by atoms with Crippen molar-refractivity contribution in [3.8, 4) is 0 Å². The molecule has 0 aliphatic heterocycles. The predicted octanol–water partition coefficient (Wildman–Crippen LogP) is 2.16. The molecule has 0 radical (unpaired) electrons. The molecule has 2 nitrogen and oxygen atoms in total. The van der Waals surface area contributed by atoms with E-state index in [0.29, 0.717) is 10.5 Å². The van der Waals surface area contributed by atoms with Crippen molar-refractivity contribution in [1.82, 2.24) is 0 Å². The van der Waals surface area contributed by atoms with Crippen molar-refractivity contribution >= 4 is 27.4 Å². The normalized spacial score (nSPS) is 17.8. The monoisotopic (exact) mass is 276 g/mol. The van der Waals surface area contributed by atoms with Gasteiger partial charge in [0.25, 0.3) is 0 Å². The first-order valence-corrected chi connectivity index (χ1v) is 11.5. The van der Waals surface area contributed by atoms with Crippen LogP contribution < -0.4 is 0 Å². The lowest BCUT2D eigenvalue weighted by Crippen LogP contribution is -2.47. The zero-order valence-electron chi connectivity index (χ0n) is 9.86. The van der Waals surface area contributed by atoms with E-state index in [1.54, 1.807) is 6.55 Å². The topological polar surface area (TPSA) is 18.5 Å². The second kappa shape index (κ2) is 5.13. The van der Waals surface area contributed by atoms with Crippen LogP contribution in [0.2, 0.25) is 32.2 Å². The molecule has 0 bridgehead atoms. The Morgan fingerprint density at radius 3 is 1.87 bits per heavy atom. The van der Waals surface area contributed by atoms with Gasteiger partial charge in [-0.2, -0.15) is 13.2 Å². The molecule has 92 valence electrons. The maximum Gasteiger partial charge on any atom is 0.389 e. The summed E-state index contributed by atoms with van der Waals surface area (Å²) in [6.45, 7) is 7.62. The van der Waals surface area contributed by atoms with Crippen LogP contribution in [-0.4, -0.2) is 33.5 Å². The van der Waals surface area contributed by atoms with Gasteiger partial charge in [-0.15, -0.1) is 0 Å². The largest absolute Gasteiger partial charge is 0.445 e. The van der Waals surface area contributed by atoms with Crippen LogP contribution >= 0.6 is 0 Å². The molecule has 0 saturated heterocycles. The van der Waals surface area contributed by atoms with E-state index in [-0.39, 0.29) is 6.04 Å². The van der Waals surface area contributed by atoms with Gasteiger partial charge in [0, 0.05) is 6.42 Å². The molecular formula is C7H19F3O2Si3. The van der Waals surface area contributed by atoms with Gasteiger partial charge in [-0.05, 0) is 32.2 Å². The van der Waals surface area contributed by atoms with Crippen LogP contribution in [0.3, 0.4) is 0 Å². The molecule has 0 aromatic rings. The Labute approximate surface area is 94.1 Å². The molecule has 0 saturated carbocycles. The maximum atomic E-state index is 12.1. The Bertz CT molecular complexity index is 205. The van der Waals surface area contributed by atoms with E-state index in [4.69, 9.17) is 8.23 Å². The van der Waals surface area contributed by atoms with E-state index in [1.807, 2.05) is 19.6 Å². The van der Waals surface area contributed by atoms with Crippen LogP contribution in [0.5, 0.6) is 0 Å². The molecule has 0 heterocycles. The summed E-state index contributed by atoms with van der Waals surface area (Å²) < 4.78 is 47.3. The number of rotatable bonds is 5. The number of hydrogen-bond donors (Lipinski definition) is 0. The third kappa shape index (κ3) is 8.20. The van der Waals surface area contributed by atoms with Gasteiger partial charge >= 0.3 is 14.7 Å². The highest BCUT2D eigenvalue weighted by molar-refractivity contribution is 6.82. The molecule has 1 atom stereocenters. The minimum Gasteiger partial charge on any atom is -0.445 e. The zero-order chi connectivity index (χ0) is 12.3. The van der Waals surface area contributed by atoms with E-state index in [0.717, 1.165) is 0 Å². The second-order valence-corrected chi connectivity index (χ2v) is 14.1. The maximum absolute atomic E-state index is 12.1. The Morgan fingerprint density at radius 2 is 1.60 bits per heavy atom. The van der Waals surface area contributed by atoms with Gasteiger partial charge in [-0.1, -0.05) is 0 Å². The first kappa shape index (κ1) is 15.4. The Hall–Kier alpha value is 0.361. The smallest absolute Gasteiger partial charge is 0.389 e. The lowest BCUT2D eigenvalue weighted by atomic mass is 10.5. The first-order chi connectivity index (χ1) is 6.47. The average Bonchev–Trinajstić information content (AvgIpc) is 1.97. The molecule has 15 heavy (non-hydrogen) atoms. The highest BCUT2D eigenvalue weighted by Gasteiger charge is 2.39. The fraction of sp³-hybridized carbons (Fsp3) is 1.00. The molecule has 0 aliphatic rings. The molecule has 0 spiro atoms. The third-order valence-corrected chi connectivity index (χ3v) is 10.6. The lowest BCUT2D eigenvalue weighted by molar-refractivity contribution is -0.131. The Morgan fingerprint density at radius 1 is 1.13 bits per heavy atom. The zero-order valence-corrected chi connectivity index (χ0v) is 13.9. The summed E-state index contributed by atoms with van der Waals surface area (Å²) in [6.07, 6.45) is -4.92. The van der Waals surface area contributed by atoms with Crippen molar-refractivity contribution < 1.29 is 21.4 Å². The van der Waals surface area contributed by atoms with E-state index in [2.05, 4.69) is 0 Å². The summed E-state index contributed by atoms with van der Waals surface area (Å²) in [5.41, 5.74) is 0. The molecule has 0 N–H and O–H groups in total. The van der Waals surface area contributed by atoms with Crippen molar-refractivity contribution in [2.24, 2.45) is 0 Å². The molecule has 0 aromatic carbocycles. The highest BCUT2D eigenvalue weighted by atomic mass is 28.5. The van der Waals surface area contributed by atoms with E-state index in [1.165, 1.54) is 0 Å². The summed E-state index contributed by atoms with van der Waals surface area (Å²) in [5.74, 6) is 0. The van der Waals surface area contributed by atoms with Gasteiger partial charge in [-0.3, -0.25) is 0 Å². The van der Waals surface area contributed by atoms with Crippen molar-refractivity contribution in [3.63, 3.8) is 0 Å². The van der Waals surface area contributed by atoms with Gasteiger partial charge in [0.05, 0.1) is 0 Å². The van der Waals surface area contributed by atoms with Crippen molar-refractivity contribution in [3.05, 3.63) is 0 Å². The molecule has 0 amide bonds. The van der Waals surface area contributed by atoms with Crippen LogP contribution in [-0.2, 0) is 8.23 Å². The summed E-state index contributed by atoms with van der Waals surface area (Å²) in [6, 6.07) is 0.00424. The van der Waals surface area contributed by atoms with E-state index < -0.39 is 29.5 Å². The van der Waals surface area contributed by atoms with Crippen molar-refractivity contribution in [2.45, 2.75) is 44.8 Å². The Kier molecular flexibility index (Phi) is 5.25. The second-order valence-electron chi connectivity index (χ2n) is 4.67. The molecular weight excluding hydrogens is 257 g/mol. The van der Waals surface area contributed by atoms with Crippen LogP contribution in [0.25, 0.3) is 0 Å². The molecule has 1 unspecified atom stereocenters. The fourth-order valence-corrected chi connectivity index (χ4v) is 9.44. The van der Waals surface area contributed by atoms with E-state index in [9.17, 15) is 13.2 Å². The number of alkyl halides is 3.